The second-order valence-electron chi connectivity index (χ2n) is 7.60. The van der Waals surface area contributed by atoms with Gasteiger partial charge in [0.05, 0.1) is 12.7 Å². The van der Waals surface area contributed by atoms with E-state index in [2.05, 4.69) is 16.0 Å². The van der Waals surface area contributed by atoms with E-state index in [1.807, 2.05) is 0 Å². The van der Waals surface area contributed by atoms with Crippen molar-refractivity contribution in [1.82, 2.24) is 16.0 Å². The summed E-state index contributed by atoms with van der Waals surface area (Å²) in [5.41, 5.74) is 6.14. The van der Waals surface area contributed by atoms with Crippen molar-refractivity contribution in [2.75, 3.05) is 6.61 Å². The first-order valence-electron chi connectivity index (χ1n) is 10.4. The molecule has 188 valence electrons. The molecule has 1 rings (SSSR count). The zero-order chi connectivity index (χ0) is 25.8. The van der Waals surface area contributed by atoms with Crippen molar-refractivity contribution in [1.29, 1.82) is 0 Å². The molecule has 13 heteroatoms. The summed E-state index contributed by atoms with van der Waals surface area (Å²) in [7, 11) is 0. The van der Waals surface area contributed by atoms with Gasteiger partial charge in [-0.25, -0.2) is 4.79 Å². The maximum Gasteiger partial charge on any atom is 0.326 e. The Labute approximate surface area is 195 Å². The van der Waals surface area contributed by atoms with Crippen molar-refractivity contribution >= 4 is 29.7 Å². The summed E-state index contributed by atoms with van der Waals surface area (Å²) >= 11 is 0. The topological polar surface area (TPSA) is 228 Å². The molecule has 5 atom stereocenters. The first-order chi connectivity index (χ1) is 16.0. The summed E-state index contributed by atoms with van der Waals surface area (Å²) in [6.45, 7) is 0.515. The molecule has 13 nitrogen and oxygen atoms in total. The lowest BCUT2D eigenvalue weighted by atomic mass is 10.0. The van der Waals surface area contributed by atoms with E-state index in [0.29, 0.717) is 5.56 Å². The summed E-state index contributed by atoms with van der Waals surface area (Å²) in [5, 5.41) is 43.8. The van der Waals surface area contributed by atoms with Gasteiger partial charge in [0, 0.05) is 12.8 Å². The summed E-state index contributed by atoms with van der Waals surface area (Å²) in [4.78, 5) is 59.8. The maximum atomic E-state index is 12.9. The van der Waals surface area contributed by atoms with E-state index in [0.717, 1.165) is 0 Å². The molecule has 0 saturated heterocycles. The minimum atomic E-state index is -1.61. The Hall–Kier alpha value is -3.55. The van der Waals surface area contributed by atoms with Crippen molar-refractivity contribution in [3.63, 3.8) is 0 Å². The summed E-state index contributed by atoms with van der Waals surface area (Å²) in [6.07, 6.45) is -2.42. The number of hydrogen-bond acceptors (Lipinski definition) is 8. The van der Waals surface area contributed by atoms with E-state index in [4.69, 9.17) is 15.9 Å². The van der Waals surface area contributed by atoms with Gasteiger partial charge in [-0.2, -0.15) is 0 Å². The van der Waals surface area contributed by atoms with Gasteiger partial charge in [-0.3, -0.25) is 19.2 Å². The van der Waals surface area contributed by atoms with Gasteiger partial charge in [0.1, 0.15) is 24.2 Å². The summed E-state index contributed by atoms with van der Waals surface area (Å²) in [5.74, 6) is -5.51. The molecule has 0 aliphatic carbocycles. The molecular formula is C21H30N4O9. The second kappa shape index (κ2) is 13.9. The van der Waals surface area contributed by atoms with E-state index in [9.17, 15) is 34.2 Å². The first kappa shape index (κ1) is 28.5. The largest absolute Gasteiger partial charge is 0.481 e. The lowest BCUT2D eigenvalue weighted by Crippen LogP contribution is -2.60. The molecule has 34 heavy (non-hydrogen) atoms. The number of nitrogens with one attached hydrogen (secondary N) is 3. The number of carbonyl (C=O) groups excluding carboxylic acids is 3. The molecule has 1 aromatic carbocycles. The number of carboxylic acids is 2. The normalized spacial score (nSPS) is 15.2. The lowest BCUT2D eigenvalue weighted by molar-refractivity contribution is -0.144. The lowest BCUT2D eigenvalue weighted by Gasteiger charge is -2.26. The zero-order valence-electron chi connectivity index (χ0n) is 18.5. The van der Waals surface area contributed by atoms with E-state index < -0.39 is 79.4 Å². The molecule has 1 aromatic rings. The molecule has 0 spiro atoms. The van der Waals surface area contributed by atoms with Crippen molar-refractivity contribution in [2.45, 2.75) is 56.5 Å². The van der Waals surface area contributed by atoms with E-state index >= 15 is 0 Å². The van der Waals surface area contributed by atoms with Crippen LogP contribution in [0.4, 0.5) is 0 Å². The maximum absolute atomic E-state index is 12.9. The van der Waals surface area contributed by atoms with Crippen LogP contribution < -0.4 is 21.7 Å². The monoisotopic (exact) mass is 482 g/mol. The highest BCUT2D eigenvalue weighted by atomic mass is 16.4. The number of carboxylic acid groups (broad SMARTS) is 2. The minimum absolute atomic E-state index is 0.0128. The highest BCUT2D eigenvalue weighted by Gasteiger charge is 2.33. The molecule has 5 unspecified atom stereocenters. The van der Waals surface area contributed by atoms with Crippen LogP contribution in [0.15, 0.2) is 30.3 Å². The van der Waals surface area contributed by atoms with Crippen LogP contribution in [0.25, 0.3) is 0 Å². The fourth-order valence-corrected chi connectivity index (χ4v) is 2.87. The van der Waals surface area contributed by atoms with Crippen LogP contribution in [0.1, 0.15) is 25.3 Å². The van der Waals surface area contributed by atoms with Crippen LogP contribution in [-0.4, -0.2) is 87.0 Å². The third-order valence-corrected chi connectivity index (χ3v) is 4.77. The molecular weight excluding hydrogens is 452 g/mol. The summed E-state index contributed by atoms with van der Waals surface area (Å²) < 4.78 is 0. The van der Waals surface area contributed by atoms with Crippen LogP contribution in [0.3, 0.4) is 0 Å². The highest BCUT2D eigenvalue weighted by molar-refractivity contribution is 5.94. The quantitative estimate of drug-likeness (QED) is 0.137. The Morgan fingerprint density at radius 1 is 0.912 bits per heavy atom. The number of aliphatic carboxylic acids is 2. The average molecular weight is 482 g/mol. The molecule has 0 saturated carbocycles. The van der Waals surface area contributed by atoms with Crippen LogP contribution >= 0.6 is 0 Å². The first-order valence-corrected chi connectivity index (χ1v) is 10.4. The predicted octanol–water partition coefficient (Wildman–Crippen LogP) is -2.67. The average Bonchev–Trinajstić information content (AvgIpc) is 2.78. The number of aliphatic hydroxyl groups is 2. The Kier molecular flexibility index (Phi) is 11.6. The number of aliphatic hydroxyl groups excluding tert-OH is 2. The van der Waals surface area contributed by atoms with Gasteiger partial charge >= 0.3 is 11.9 Å². The number of amides is 3. The van der Waals surface area contributed by atoms with Crippen LogP contribution in [0.2, 0.25) is 0 Å². The SMILES string of the molecule is CC(O)C(NC(=O)C(Cc1ccccc1)NC(=O)C(N)CO)C(=O)NC(CCC(=O)O)C(=O)O. The number of benzene rings is 1. The van der Waals surface area contributed by atoms with Crippen molar-refractivity contribution in [3.8, 4) is 0 Å². The van der Waals surface area contributed by atoms with Gasteiger partial charge in [0.2, 0.25) is 17.7 Å². The van der Waals surface area contributed by atoms with Gasteiger partial charge < -0.3 is 42.1 Å². The number of hydrogen-bond donors (Lipinski definition) is 8. The van der Waals surface area contributed by atoms with Gasteiger partial charge in [0.25, 0.3) is 0 Å². The second-order valence-corrected chi connectivity index (χ2v) is 7.60. The predicted molar refractivity (Wildman–Crippen MR) is 117 cm³/mol. The fourth-order valence-electron chi connectivity index (χ4n) is 2.87. The molecule has 0 bridgehead atoms. The van der Waals surface area contributed by atoms with Crippen molar-refractivity contribution in [3.05, 3.63) is 35.9 Å². The smallest absolute Gasteiger partial charge is 0.326 e. The van der Waals surface area contributed by atoms with Crippen LogP contribution in [0, 0.1) is 0 Å². The van der Waals surface area contributed by atoms with Crippen molar-refractivity contribution in [2.24, 2.45) is 5.73 Å². The molecule has 0 fully saturated rings. The van der Waals surface area contributed by atoms with E-state index in [1.54, 1.807) is 30.3 Å². The van der Waals surface area contributed by atoms with Crippen LogP contribution in [0.5, 0.6) is 0 Å². The van der Waals surface area contributed by atoms with Crippen LogP contribution in [-0.2, 0) is 30.4 Å². The van der Waals surface area contributed by atoms with E-state index in [1.165, 1.54) is 6.92 Å². The third-order valence-electron chi connectivity index (χ3n) is 4.77. The highest BCUT2D eigenvalue weighted by Crippen LogP contribution is 2.06. The Balaban J connectivity index is 3.02. The third kappa shape index (κ3) is 9.52. The van der Waals surface area contributed by atoms with Gasteiger partial charge in [0.15, 0.2) is 0 Å². The number of nitrogens with two attached hydrogens (primary N) is 1. The number of rotatable bonds is 14. The molecule has 0 aliphatic heterocycles. The molecule has 0 heterocycles. The fraction of sp³-hybridized carbons (Fsp3) is 0.476. The molecule has 9 N–H and O–H groups in total. The van der Waals surface area contributed by atoms with Crippen molar-refractivity contribution < 1.29 is 44.4 Å². The Bertz CT molecular complexity index is 863. The standard InChI is InChI=1S/C21H30N4O9/c1-11(27)17(20(32)23-14(21(33)34)7-8-16(28)29)25-19(31)15(24-18(30)13(22)10-26)9-12-5-3-2-4-6-12/h2-6,11,13-15,17,26-27H,7-10,22H2,1H3,(H,23,32)(H,24,30)(H,25,31)(H,28,29)(H,33,34). The van der Waals surface area contributed by atoms with Gasteiger partial charge in [-0.05, 0) is 18.9 Å². The molecule has 0 aromatic heterocycles. The Morgan fingerprint density at radius 3 is 2.00 bits per heavy atom. The summed E-state index contributed by atoms with van der Waals surface area (Å²) in [6, 6.07) is 2.83. The molecule has 0 radical (unpaired) electrons. The minimum Gasteiger partial charge on any atom is -0.481 e. The zero-order valence-corrected chi connectivity index (χ0v) is 18.5. The number of carbonyl (C=O) groups is 5. The van der Waals surface area contributed by atoms with E-state index in [-0.39, 0.29) is 6.42 Å². The molecule has 3 amide bonds. The van der Waals surface area contributed by atoms with Gasteiger partial charge in [-0.1, -0.05) is 30.3 Å². The van der Waals surface area contributed by atoms with Gasteiger partial charge in [-0.15, -0.1) is 0 Å². The Morgan fingerprint density at radius 2 is 1.50 bits per heavy atom. The molecule has 0 aliphatic rings.